The average Bonchev–Trinajstić information content (AvgIpc) is 2.23. The summed E-state index contributed by atoms with van der Waals surface area (Å²) in [5, 5.41) is 0.467. The number of nitrogens with two attached hydrogens (primary N) is 1. The van der Waals surface area contributed by atoms with Gasteiger partial charge in [-0.1, -0.05) is 17.7 Å². The van der Waals surface area contributed by atoms with Crippen molar-refractivity contribution in [3.63, 3.8) is 0 Å². The summed E-state index contributed by atoms with van der Waals surface area (Å²) in [6, 6.07) is 3.70. The van der Waals surface area contributed by atoms with Gasteiger partial charge in [0.2, 0.25) is 0 Å². The Morgan fingerprint density at radius 3 is 2.93 bits per heavy atom. The molecule has 0 spiro atoms. The van der Waals surface area contributed by atoms with Crippen LogP contribution in [0.3, 0.4) is 0 Å². The van der Waals surface area contributed by atoms with Crippen LogP contribution >= 0.6 is 11.6 Å². The number of nitrogens with zero attached hydrogens (tertiary/aromatic N) is 1. The van der Waals surface area contributed by atoms with Crippen LogP contribution in [0.25, 0.3) is 0 Å². The molecule has 4 heteroatoms. The highest BCUT2D eigenvalue weighted by molar-refractivity contribution is 6.29. The maximum atomic E-state index is 11.4. The molecule has 0 bridgehead atoms. The summed E-state index contributed by atoms with van der Waals surface area (Å²) in [6.07, 6.45) is 3.63. The van der Waals surface area contributed by atoms with Crippen LogP contribution in [-0.4, -0.2) is 16.8 Å². The van der Waals surface area contributed by atoms with Crippen molar-refractivity contribution in [2.45, 2.75) is 31.2 Å². The van der Waals surface area contributed by atoms with Gasteiger partial charge in [0.05, 0.1) is 0 Å². The van der Waals surface area contributed by atoms with Crippen molar-refractivity contribution in [2.24, 2.45) is 5.73 Å². The number of Topliss-reactive ketones (excluding diaryl/α,β-unsaturated/α-hetero) is 1. The number of halogens is 1. The van der Waals surface area contributed by atoms with E-state index in [2.05, 4.69) is 4.98 Å². The third-order valence-electron chi connectivity index (χ3n) is 2.90. The minimum absolute atomic E-state index is 0.0608. The minimum atomic E-state index is 0.0608. The van der Waals surface area contributed by atoms with Gasteiger partial charge < -0.3 is 5.73 Å². The Balaban J connectivity index is 2.21. The van der Waals surface area contributed by atoms with Crippen LogP contribution in [0.5, 0.6) is 0 Å². The molecule has 0 amide bonds. The SMILES string of the molecule is N[C@H]1CCC(=O)C[C@@H]1c1ccc(Cl)nc1. The van der Waals surface area contributed by atoms with Gasteiger partial charge in [0.25, 0.3) is 0 Å². The maximum absolute atomic E-state index is 11.4. The highest BCUT2D eigenvalue weighted by atomic mass is 35.5. The molecule has 1 aromatic heterocycles. The van der Waals surface area contributed by atoms with E-state index in [1.165, 1.54) is 0 Å². The number of ketones is 1. The van der Waals surface area contributed by atoms with Gasteiger partial charge in [0.1, 0.15) is 10.9 Å². The van der Waals surface area contributed by atoms with Gasteiger partial charge in [0.15, 0.2) is 0 Å². The van der Waals surface area contributed by atoms with Crippen molar-refractivity contribution >= 4 is 17.4 Å². The summed E-state index contributed by atoms with van der Waals surface area (Å²) >= 11 is 5.71. The molecule has 0 aromatic carbocycles. The van der Waals surface area contributed by atoms with Crippen molar-refractivity contribution in [3.8, 4) is 0 Å². The fourth-order valence-corrected chi connectivity index (χ4v) is 2.11. The van der Waals surface area contributed by atoms with E-state index in [0.717, 1.165) is 12.0 Å². The summed E-state index contributed by atoms with van der Waals surface area (Å²) in [5.41, 5.74) is 7.01. The number of rotatable bonds is 1. The topological polar surface area (TPSA) is 56.0 Å². The smallest absolute Gasteiger partial charge is 0.133 e. The van der Waals surface area contributed by atoms with Crippen LogP contribution in [-0.2, 0) is 4.79 Å². The van der Waals surface area contributed by atoms with Crippen molar-refractivity contribution in [3.05, 3.63) is 29.0 Å². The van der Waals surface area contributed by atoms with Gasteiger partial charge in [-0.25, -0.2) is 4.98 Å². The highest BCUT2D eigenvalue weighted by Gasteiger charge is 2.27. The molecule has 80 valence electrons. The molecule has 1 fully saturated rings. The molecule has 0 aliphatic heterocycles. The number of carbonyl (C=O) groups is 1. The lowest BCUT2D eigenvalue weighted by atomic mass is 9.80. The second-order valence-corrected chi connectivity index (χ2v) is 4.35. The van der Waals surface area contributed by atoms with Gasteiger partial charge >= 0.3 is 0 Å². The number of pyridine rings is 1. The van der Waals surface area contributed by atoms with Crippen LogP contribution in [0.15, 0.2) is 18.3 Å². The van der Waals surface area contributed by atoms with Crippen molar-refractivity contribution in [2.75, 3.05) is 0 Å². The van der Waals surface area contributed by atoms with E-state index >= 15 is 0 Å². The summed E-state index contributed by atoms with van der Waals surface area (Å²) < 4.78 is 0. The summed E-state index contributed by atoms with van der Waals surface area (Å²) in [5.74, 6) is 0.396. The largest absolute Gasteiger partial charge is 0.327 e. The molecule has 1 saturated carbocycles. The Morgan fingerprint density at radius 2 is 2.27 bits per heavy atom. The molecule has 2 rings (SSSR count). The lowest BCUT2D eigenvalue weighted by molar-refractivity contribution is -0.120. The Morgan fingerprint density at radius 1 is 1.47 bits per heavy atom. The molecule has 2 atom stereocenters. The Bertz CT molecular complexity index is 363. The molecule has 1 aliphatic carbocycles. The van der Waals surface area contributed by atoms with Crippen molar-refractivity contribution in [1.82, 2.24) is 4.98 Å². The molecular weight excluding hydrogens is 212 g/mol. The first-order valence-electron chi connectivity index (χ1n) is 5.05. The van der Waals surface area contributed by atoms with Crippen molar-refractivity contribution in [1.29, 1.82) is 0 Å². The first-order valence-corrected chi connectivity index (χ1v) is 5.43. The second-order valence-electron chi connectivity index (χ2n) is 3.97. The summed E-state index contributed by atoms with van der Waals surface area (Å²) in [6.45, 7) is 0. The zero-order chi connectivity index (χ0) is 10.8. The van der Waals surface area contributed by atoms with E-state index in [9.17, 15) is 4.79 Å². The van der Waals surface area contributed by atoms with Gasteiger partial charge in [-0.05, 0) is 18.1 Å². The normalized spacial score (nSPS) is 26.7. The van der Waals surface area contributed by atoms with E-state index in [-0.39, 0.29) is 17.7 Å². The second kappa shape index (κ2) is 4.29. The highest BCUT2D eigenvalue weighted by Crippen LogP contribution is 2.30. The molecule has 0 radical (unpaired) electrons. The monoisotopic (exact) mass is 224 g/mol. The van der Waals surface area contributed by atoms with E-state index in [1.807, 2.05) is 6.07 Å². The number of hydrogen-bond donors (Lipinski definition) is 1. The number of carbonyl (C=O) groups excluding carboxylic acids is 1. The van der Waals surface area contributed by atoms with Crippen LogP contribution in [0, 0.1) is 0 Å². The van der Waals surface area contributed by atoms with Crippen LogP contribution in [0.4, 0.5) is 0 Å². The molecule has 2 N–H and O–H groups in total. The third-order valence-corrected chi connectivity index (χ3v) is 3.12. The molecule has 0 unspecified atom stereocenters. The number of aromatic nitrogens is 1. The molecule has 15 heavy (non-hydrogen) atoms. The molecular formula is C11H13ClN2O. The fraction of sp³-hybridized carbons (Fsp3) is 0.455. The number of hydrogen-bond acceptors (Lipinski definition) is 3. The van der Waals surface area contributed by atoms with Gasteiger partial charge in [-0.3, -0.25) is 4.79 Å². The van der Waals surface area contributed by atoms with Gasteiger partial charge in [0, 0.05) is 31.0 Å². The zero-order valence-electron chi connectivity index (χ0n) is 8.32. The van der Waals surface area contributed by atoms with Crippen molar-refractivity contribution < 1.29 is 4.79 Å². The molecule has 3 nitrogen and oxygen atoms in total. The van der Waals surface area contributed by atoms with E-state index in [4.69, 9.17) is 17.3 Å². The molecule has 1 heterocycles. The van der Waals surface area contributed by atoms with E-state index < -0.39 is 0 Å². The predicted octanol–water partition coefficient (Wildman–Crippen LogP) is 1.90. The Hall–Kier alpha value is -0.930. The Kier molecular flexibility index (Phi) is 3.03. The molecule has 1 aromatic rings. The van der Waals surface area contributed by atoms with Crippen LogP contribution in [0.2, 0.25) is 5.15 Å². The van der Waals surface area contributed by atoms with Crippen LogP contribution in [0.1, 0.15) is 30.7 Å². The quantitative estimate of drug-likeness (QED) is 0.742. The van der Waals surface area contributed by atoms with E-state index in [1.54, 1.807) is 12.3 Å². The molecule has 0 saturated heterocycles. The maximum Gasteiger partial charge on any atom is 0.133 e. The summed E-state index contributed by atoms with van der Waals surface area (Å²) in [4.78, 5) is 15.4. The third kappa shape index (κ3) is 2.36. The predicted molar refractivity (Wildman–Crippen MR) is 58.8 cm³/mol. The summed E-state index contributed by atoms with van der Waals surface area (Å²) in [7, 11) is 0. The lowest BCUT2D eigenvalue weighted by Crippen LogP contribution is -2.34. The standard InChI is InChI=1S/C11H13ClN2O/c12-11-4-1-7(6-14-11)9-5-8(15)2-3-10(9)13/h1,4,6,9-10H,2-3,5,13H2/t9-,10+/m1/s1. The first-order chi connectivity index (χ1) is 7.16. The Labute approximate surface area is 93.6 Å². The first kappa shape index (κ1) is 10.6. The van der Waals surface area contributed by atoms with E-state index in [0.29, 0.717) is 18.0 Å². The lowest BCUT2D eigenvalue weighted by Gasteiger charge is -2.27. The van der Waals surface area contributed by atoms with Gasteiger partial charge in [-0.15, -0.1) is 0 Å². The minimum Gasteiger partial charge on any atom is -0.327 e. The average molecular weight is 225 g/mol. The molecule has 1 aliphatic rings. The van der Waals surface area contributed by atoms with Crippen LogP contribution < -0.4 is 5.73 Å². The fourth-order valence-electron chi connectivity index (χ4n) is 2.00. The zero-order valence-corrected chi connectivity index (χ0v) is 9.07. The van der Waals surface area contributed by atoms with Gasteiger partial charge in [-0.2, -0.15) is 0 Å².